The monoisotopic (exact) mass is 407 g/mol. The van der Waals surface area contributed by atoms with E-state index in [0.717, 1.165) is 0 Å². The van der Waals surface area contributed by atoms with E-state index in [1.807, 2.05) is 0 Å². The summed E-state index contributed by atoms with van der Waals surface area (Å²) in [4.78, 5) is 43.7. The maximum Gasteiger partial charge on any atom is 0.325 e. The number of nitrogens with one attached hydrogen (secondary N) is 1. The van der Waals surface area contributed by atoms with Crippen molar-refractivity contribution in [3.8, 4) is 0 Å². The molecule has 2 heterocycles. The highest BCUT2D eigenvalue weighted by atomic mass is 16.5. The summed E-state index contributed by atoms with van der Waals surface area (Å²) in [5, 5.41) is 6.65. The standard InChI is InChI=1S/C21H21N5O4/c1-25-14-16(12-24-25)26(21(29)15-8-4-3-5-9-15)19(17-10-6-7-11-22-17)20(28)23-13-18(27)30-2/h3-12,14,19H,13H2,1-2H3,(H,23,28). The van der Waals surface area contributed by atoms with Crippen LogP contribution in [0.25, 0.3) is 0 Å². The molecule has 0 saturated heterocycles. The van der Waals surface area contributed by atoms with E-state index in [2.05, 4.69) is 20.1 Å². The average Bonchev–Trinajstić information content (AvgIpc) is 3.21. The van der Waals surface area contributed by atoms with E-state index in [1.165, 1.54) is 29.1 Å². The zero-order valence-corrected chi connectivity index (χ0v) is 16.6. The molecule has 1 N–H and O–H groups in total. The molecule has 0 radical (unpaired) electrons. The predicted octanol–water partition coefficient (Wildman–Crippen LogP) is 1.49. The van der Waals surface area contributed by atoms with Gasteiger partial charge in [-0.1, -0.05) is 24.3 Å². The number of rotatable bonds is 7. The minimum absolute atomic E-state index is 0.334. The first kappa shape index (κ1) is 20.7. The number of methoxy groups -OCH3 is 1. The number of amides is 2. The molecule has 154 valence electrons. The first-order valence-electron chi connectivity index (χ1n) is 9.14. The molecule has 0 spiro atoms. The third-order valence-corrected chi connectivity index (χ3v) is 4.32. The van der Waals surface area contributed by atoms with Crippen LogP contribution < -0.4 is 10.2 Å². The molecule has 9 nitrogen and oxygen atoms in total. The molecule has 0 aliphatic carbocycles. The molecule has 1 aromatic carbocycles. The van der Waals surface area contributed by atoms with Gasteiger partial charge in [0, 0.05) is 25.0 Å². The van der Waals surface area contributed by atoms with Crippen LogP contribution in [-0.2, 0) is 21.4 Å². The van der Waals surface area contributed by atoms with Gasteiger partial charge in [-0.2, -0.15) is 5.10 Å². The van der Waals surface area contributed by atoms with Crippen molar-refractivity contribution in [3.63, 3.8) is 0 Å². The highest BCUT2D eigenvalue weighted by Gasteiger charge is 2.35. The highest BCUT2D eigenvalue weighted by Crippen LogP contribution is 2.28. The minimum Gasteiger partial charge on any atom is -0.468 e. The van der Waals surface area contributed by atoms with Crippen LogP contribution in [-0.4, -0.2) is 46.2 Å². The number of nitrogens with zero attached hydrogens (tertiary/aromatic N) is 4. The number of anilines is 1. The van der Waals surface area contributed by atoms with E-state index in [9.17, 15) is 14.4 Å². The molecule has 0 bridgehead atoms. The summed E-state index contributed by atoms with van der Waals surface area (Å²) in [6.07, 6.45) is 4.65. The minimum atomic E-state index is -1.13. The largest absolute Gasteiger partial charge is 0.468 e. The van der Waals surface area contributed by atoms with E-state index in [4.69, 9.17) is 0 Å². The lowest BCUT2D eigenvalue weighted by atomic mass is 10.1. The topological polar surface area (TPSA) is 106 Å². The van der Waals surface area contributed by atoms with Crippen LogP contribution in [0.1, 0.15) is 22.1 Å². The molecule has 0 fully saturated rings. The van der Waals surface area contributed by atoms with Crippen LogP contribution in [0.5, 0.6) is 0 Å². The quantitative estimate of drug-likeness (QED) is 0.595. The molecule has 30 heavy (non-hydrogen) atoms. The van der Waals surface area contributed by atoms with E-state index < -0.39 is 23.8 Å². The van der Waals surface area contributed by atoms with Crippen LogP contribution >= 0.6 is 0 Å². The van der Waals surface area contributed by atoms with Gasteiger partial charge in [-0.3, -0.25) is 28.9 Å². The Labute approximate surface area is 173 Å². The first-order chi connectivity index (χ1) is 14.5. The number of aromatic nitrogens is 3. The number of pyridine rings is 1. The zero-order valence-electron chi connectivity index (χ0n) is 16.6. The molecule has 3 aromatic rings. The maximum atomic E-state index is 13.5. The van der Waals surface area contributed by atoms with Crippen LogP contribution in [0.3, 0.4) is 0 Å². The van der Waals surface area contributed by atoms with Crippen molar-refractivity contribution in [3.05, 3.63) is 78.4 Å². The summed E-state index contributed by atoms with van der Waals surface area (Å²) in [7, 11) is 2.94. The Balaban J connectivity index is 2.07. The third kappa shape index (κ3) is 4.69. The second-order valence-corrected chi connectivity index (χ2v) is 6.36. The van der Waals surface area contributed by atoms with Crippen LogP contribution in [0.2, 0.25) is 0 Å². The van der Waals surface area contributed by atoms with Crippen molar-refractivity contribution in [2.75, 3.05) is 18.6 Å². The fourth-order valence-corrected chi connectivity index (χ4v) is 2.89. The van der Waals surface area contributed by atoms with Crippen LogP contribution in [0.15, 0.2) is 67.1 Å². The van der Waals surface area contributed by atoms with Gasteiger partial charge in [0.25, 0.3) is 5.91 Å². The van der Waals surface area contributed by atoms with E-state index in [1.54, 1.807) is 61.8 Å². The van der Waals surface area contributed by atoms with Gasteiger partial charge in [0.15, 0.2) is 6.04 Å². The molecule has 0 aliphatic heterocycles. The van der Waals surface area contributed by atoms with E-state index in [-0.39, 0.29) is 6.54 Å². The fraction of sp³-hybridized carbons (Fsp3) is 0.190. The van der Waals surface area contributed by atoms with Crippen molar-refractivity contribution in [1.82, 2.24) is 20.1 Å². The number of esters is 1. The van der Waals surface area contributed by atoms with Crippen molar-refractivity contribution < 1.29 is 19.1 Å². The normalized spacial score (nSPS) is 11.4. The predicted molar refractivity (Wildman–Crippen MR) is 108 cm³/mol. The van der Waals surface area contributed by atoms with Gasteiger partial charge < -0.3 is 10.1 Å². The zero-order chi connectivity index (χ0) is 21.5. The molecular weight excluding hydrogens is 386 g/mol. The smallest absolute Gasteiger partial charge is 0.325 e. The lowest BCUT2D eigenvalue weighted by Gasteiger charge is -2.29. The number of aryl methyl sites for hydroxylation is 1. The van der Waals surface area contributed by atoms with Crippen molar-refractivity contribution in [2.24, 2.45) is 7.05 Å². The van der Waals surface area contributed by atoms with Crippen molar-refractivity contribution in [2.45, 2.75) is 6.04 Å². The third-order valence-electron chi connectivity index (χ3n) is 4.32. The summed E-state index contributed by atoms with van der Waals surface area (Å²) < 4.78 is 6.12. The van der Waals surface area contributed by atoms with Crippen molar-refractivity contribution in [1.29, 1.82) is 0 Å². The summed E-state index contributed by atoms with van der Waals surface area (Å²) in [6.45, 7) is -0.334. The summed E-state index contributed by atoms with van der Waals surface area (Å²) in [5.74, 6) is -1.59. The molecule has 2 aromatic heterocycles. The number of hydrogen-bond acceptors (Lipinski definition) is 6. The average molecular weight is 407 g/mol. The SMILES string of the molecule is COC(=O)CNC(=O)C(c1ccccn1)N(C(=O)c1ccccc1)c1cnn(C)c1. The van der Waals surface area contributed by atoms with Gasteiger partial charge in [-0.15, -0.1) is 0 Å². The maximum absolute atomic E-state index is 13.5. The Morgan fingerprint density at radius 1 is 1.13 bits per heavy atom. The summed E-state index contributed by atoms with van der Waals surface area (Å²) in [6, 6.07) is 12.5. The molecule has 2 amide bonds. The Hall–Kier alpha value is -4.01. The van der Waals surface area contributed by atoms with Gasteiger partial charge in [0.05, 0.1) is 24.7 Å². The molecule has 1 atom stereocenters. The summed E-state index contributed by atoms with van der Waals surface area (Å²) in [5.41, 5.74) is 1.14. The highest BCUT2D eigenvalue weighted by molar-refractivity contribution is 6.10. The fourth-order valence-electron chi connectivity index (χ4n) is 2.89. The van der Waals surface area contributed by atoms with Gasteiger partial charge in [0.2, 0.25) is 5.91 Å². The molecule has 9 heteroatoms. The number of carbonyl (C=O) groups excluding carboxylic acids is 3. The van der Waals surface area contributed by atoms with Crippen molar-refractivity contribution >= 4 is 23.5 Å². The summed E-state index contributed by atoms with van der Waals surface area (Å²) >= 11 is 0. The van der Waals surface area contributed by atoms with Crippen LogP contribution in [0, 0.1) is 0 Å². The molecule has 3 rings (SSSR count). The molecular formula is C21H21N5O4. The number of hydrogen-bond donors (Lipinski definition) is 1. The van der Waals surface area contributed by atoms with E-state index in [0.29, 0.717) is 16.9 Å². The molecule has 0 aliphatic rings. The van der Waals surface area contributed by atoms with E-state index >= 15 is 0 Å². The molecule has 1 unspecified atom stereocenters. The second-order valence-electron chi connectivity index (χ2n) is 6.36. The second kappa shape index (κ2) is 9.46. The van der Waals surface area contributed by atoms with Gasteiger partial charge in [0.1, 0.15) is 6.54 Å². The number of carbonyl (C=O) groups is 3. The van der Waals surface area contributed by atoms with Crippen LogP contribution in [0.4, 0.5) is 5.69 Å². The lowest BCUT2D eigenvalue weighted by molar-refractivity contribution is -0.141. The van der Waals surface area contributed by atoms with Gasteiger partial charge >= 0.3 is 5.97 Å². The molecule has 0 saturated carbocycles. The van der Waals surface area contributed by atoms with Gasteiger partial charge in [-0.05, 0) is 24.3 Å². The lowest BCUT2D eigenvalue weighted by Crippen LogP contribution is -2.45. The Bertz CT molecular complexity index is 1020. The Kier molecular flexibility index (Phi) is 6.53. The first-order valence-corrected chi connectivity index (χ1v) is 9.14. The van der Waals surface area contributed by atoms with Gasteiger partial charge in [-0.25, -0.2) is 0 Å². The Morgan fingerprint density at radius 3 is 2.47 bits per heavy atom. The number of benzene rings is 1. The number of ether oxygens (including phenoxy) is 1. The Morgan fingerprint density at radius 2 is 1.87 bits per heavy atom.